The molecule has 0 unspecified atom stereocenters. The van der Waals surface area contributed by atoms with E-state index in [1.165, 1.54) is 12.1 Å². The van der Waals surface area contributed by atoms with Crippen molar-refractivity contribution in [2.75, 3.05) is 39.8 Å². The molecule has 2 rings (SSSR count). The van der Waals surface area contributed by atoms with Crippen molar-refractivity contribution in [3.05, 3.63) is 34.3 Å². The molecule has 1 heterocycles. The Hall–Kier alpha value is -0.780. The summed E-state index contributed by atoms with van der Waals surface area (Å²) in [6.45, 7) is 5.10. The lowest BCUT2D eigenvalue weighted by Crippen LogP contribution is -2.44. The summed E-state index contributed by atoms with van der Waals surface area (Å²) in [5.41, 5.74) is -0.0397. The predicted molar refractivity (Wildman–Crippen MR) is 78.7 cm³/mol. The molecular formula is C15H20ClF3N2. The Morgan fingerprint density at radius 3 is 2.43 bits per heavy atom. The van der Waals surface area contributed by atoms with Crippen LogP contribution in [0.2, 0.25) is 5.02 Å². The fourth-order valence-electron chi connectivity index (χ4n) is 2.52. The molecule has 21 heavy (non-hydrogen) atoms. The fraction of sp³-hybridized carbons (Fsp3) is 0.600. The van der Waals surface area contributed by atoms with Gasteiger partial charge in [0.05, 0.1) is 10.6 Å². The van der Waals surface area contributed by atoms with Crippen molar-refractivity contribution in [1.82, 2.24) is 9.80 Å². The van der Waals surface area contributed by atoms with Crippen LogP contribution >= 0.6 is 11.6 Å². The van der Waals surface area contributed by atoms with Gasteiger partial charge in [-0.25, -0.2) is 0 Å². The highest BCUT2D eigenvalue weighted by atomic mass is 35.5. The first-order chi connectivity index (χ1) is 9.86. The normalized spacial score (nSPS) is 18.1. The van der Waals surface area contributed by atoms with Gasteiger partial charge in [0.15, 0.2) is 0 Å². The van der Waals surface area contributed by atoms with E-state index < -0.39 is 11.7 Å². The summed E-state index contributed by atoms with van der Waals surface area (Å²) in [5.74, 6) is 0. The number of hydrogen-bond donors (Lipinski definition) is 0. The number of nitrogens with zero attached hydrogens (tertiary/aromatic N) is 2. The first-order valence-corrected chi connectivity index (χ1v) is 7.50. The Labute approximate surface area is 128 Å². The molecule has 0 amide bonds. The molecule has 1 aromatic rings. The second-order valence-corrected chi connectivity index (χ2v) is 5.97. The Kier molecular flexibility index (Phi) is 5.52. The van der Waals surface area contributed by atoms with Crippen molar-refractivity contribution >= 4 is 11.6 Å². The molecule has 1 fully saturated rings. The van der Waals surface area contributed by atoms with E-state index in [9.17, 15) is 13.2 Å². The highest BCUT2D eigenvalue weighted by Gasteiger charge is 2.33. The zero-order chi connectivity index (χ0) is 15.5. The smallest absolute Gasteiger partial charge is 0.304 e. The van der Waals surface area contributed by atoms with E-state index in [1.54, 1.807) is 6.07 Å². The summed E-state index contributed by atoms with van der Waals surface area (Å²) in [4.78, 5) is 4.64. The topological polar surface area (TPSA) is 6.48 Å². The zero-order valence-electron chi connectivity index (χ0n) is 12.1. The molecule has 0 aromatic heterocycles. The van der Waals surface area contributed by atoms with E-state index in [0.717, 1.165) is 39.1 Å². The Morgan fingerprint density at radius 1 is 1.14 bits per heavy atom. The Morgan fingerprint density at radius 2 is 1.81 bits per heavy atom. The third-order valence-corrected chi connectivity index (χ3v) is 4.20. The van der Waals surface area contributed by atoms with Crippen LogP contribution in [0, 0.1) is 0 Å². The second kappa shape index (κ2) is 6.99. The van der Waals surface area contributed by atoms with E-state index in [0.29, 0.717) is 12.0 Å². The van der Waals surface area contributed by atoms with Crippen LogP contribution in [0.15, 0.2) is 18.2 Å². The Balaban J connectivity index is 1.86. The van der Waals surface area contributed by atoms with Gasteiger partial charge in [0.25, 0.3) is 0 Å². The van der Waals surface area contributed by atoms with Crippen LogP contribution in [-0.2, 0) is 12.6 Å². The van der Waals surface area contributed by atoms with E-state index in [-0.39, 0.29) is 5.02 Å². The van der Waals surface area contributed by atoms with Crippen LogP contribution in [0.1, 0.15) is 17.5 Å². The van der Waals surface area contributed by atoms with Gasteiger partial charge in [0.2, 0.25) is 0 Å². The summed E-state index contributed by atoms with van der Waals surface area (Å²) in [7, 11) is 2.10. The number of halogens is 4. The standard InChI is InChI=1S/C15H20ClF3N2/c1-20-7-9-21(10-8-20)6-2-3-12-4-5-14(16)13(11-12)15(17,18)19/h4-5,11H,2-3,6-10H2,1H3. The monoisotopic (exact) mass is 320 g/mol. The van der Waals surface area contributed by atoms with Crippen molar-refractivity contribution < 1.29 is 13.2 Å². The molecule has 0 spiro atoms. The van der Waals surface area contributed by atoms with Crippen molar-refractivity contribution in [3.8, 4) is 0 Å². The lowest BCUT2D eigenvalue weighted by atomic mass is 10.1. The zero-order valence-corrected chi connectivity index (χ0v) is 12.8. The van der Waals surface area contributed by atoms with Gasteiger partial charge in [0.1, 0.15) is 0 Å². The van der Waals surface area contributed by atoms with Crippen LogP contribution in [-0.4, -0.2) is 49.6 Å². The number of rotatable bonds is 4. The van der Waals surface area contributed by atoms with E-state index in [4.69, 9.17) is 11.6 Å². The van der Waals surface area contributed by atoms with Gasteiger partial charge in [-0.05, 0) is 44.1 Å². The minimum atomic E-state index is -4.38. The molecule has 118 valence electrons. The maximum Gasteiger partial charge on any atom is 0.417 e. The summed E-state index contributed by atoms with van der Waals surface area (Å²) in [5, 5.41) is -0.231. The summed E-state index contributed by atoms with van der Waals surface area (Å²) < 4.78 is 38.3. The molecule has 0 bridgehead atoms. The van der Waals surface area contributed by atoms with Gasteiger partial charge < -0.3 is 9.80 Å². The van der Waals surface area contributed by atoms with E-state index in [2.05, 4.69) is 16.8 Å². The molecule has 0 N–H and O–H groups in total. The van der Waals surface area contributed by atoms with Crippen molar-refractivity contribution in [2.24, 2.45) is 0 Å². The van der Waals surface area contributed by atoms with Crippen molar-refractivity contribution in [3.63, 3.8) is 0 Å². The third kappa shape index (κ3) is 4.87. The molecule has 0 radical (unpaired) electrons. The van der Waals surface area contributed by atoms with Gasteiger partial charge in [-0.15, -0.1) is 0 Å². The first-order valence-electron chi connectivity index (χ1n) is 7.13. The van der Waals surface area contributed by atoms with Gasteiger partial charge in [-0.3, -0.25) is 0 Å². The SMILES string of the molecule is CN1CCN(CCCc2ccc(Cl)c(C(F)(F)F)c2)CC1. The van der Waals surface area contributed by atoms with Crippen molar-refractivity contribution in [1.29, 1.82) is 0 Å². The average molecular weight is 321 g/mol. The number of alkyl halides is 3. The van der Waals surface area contributed by atoms with Crippen LogP contribution in [0.3, 0.4) is 0 Å². The van der Waals surface area contributed by atoms with Crippen LogP contribution in [0.25, 0.3) is 0 Å². The van der Waals surface area contributed by atoms with Gasteiger partial charge in [0, 0.05) is 26.2 Å². The van der Waals surface area contributed by atoms with Crippen LogP contribution in [0.4, 0.5) is 13.2 Å². The molecule has 1 aliphatic heterocycles. The number of benzene rings is 1. The van der Waals surface area contributed by atoms with E-state index in [1.807, 2.05) is 0 Å². The number of hydrogen-bond acceptors (Lipinski definition) is 2. The molecule has 1 aromatic carbocycles. The minimum absolute atomic E-state index is 0.231. The molecule has 1 saturated heterocycles. The van der Waals surface area contributed by atoms with Crippen LogP contribution < -0.4 is 0 Å². The molecule has 0 aliphatic carbocycles. The quantitative estimate of drug-likeness (QED) is 0.837. The second-order valence-electron chi connectivity index (χ2n) is 5.56. The maximum absolute atomic E-state index is 12.8. The Bertz CT molecular complexity index is 468. The summed E-state index contributed by atoms with van der Waals surface area (Å²) in [6.07, 6.45) is -2.88. The van der Waals surface area contributed by atoms with Crippen molar-refractivity contribution in [2.45, 2.75) is 19.0 Å². The summed E-state index contributed by atoms with van der Waals surface area (Å²) >= 11 is 5.62. The molecule has 2 nitrogen and oxygen atoms in total. The van der Waals surface area contributed by atoms with Gasteiger partial charge in [-0.1, -0.05) is 17.7 Å². The summed E-state index contributed by atoms with van der Waals surface area (Å²) in [6, 6.07) is 4.20. The molecule has 0 atom stereocenters. The number of aryl methyl sites for hydroxylation is 1. The first kappa shape index (κ1) is 16.6. The minimum Gasteiger partial charge on any atom is -0.304 e. The lowest BCUT2D eigenvalue weighted by molar-refractivity contribution is -0.137. The lowest BCUT2D eigenvalue weighted by Gasteiger charge is -2.32. The largest absolute Gasteiger partial charge is 0.417 e. The van der Waals surface area contributed by atoms with Crippen LogP contribution in [0.5, 0.6) is 0 Å². The third-order valence-electron chi connectivity index (χ3n) is 3.87. The maximum atomic E-state index is 12.8. The highest BCUT2D eigenvalue weighted by molar-refractivity contribution is 6.31. The molecular weight excluding hydrogens is 301 g/mol. The molecule has 0 saturated carbocycles. The number of likely N-dealkylation sites (N-methyl/N-ethyl adjacent to an activating group) is 1. The van der Waals surface area contributed by atoms with Gasteiger partial charge in [-0.2, -0.15) is 13.2 Å². The predicted octanol–water partition coefficient (Wildman–Crippen LogP) is 3.54. The highest BCUT2D eigenvalue weighted by Crippen LogP contribution is 2.35. The number of piperazine rings is 1. The molecule has 6 heteroatoms. The average Bonchev–Trinajstić information content (AvgIpc) is 2.41. The van der Waals surface area contributed by atoms with Gasteiger partial charge >= 0.3 is 6.18 Å². The van der Waals surface area contributed by atoms with E-state index >= 15 is 0 Å². The fourth-order valence-corrected chi connectivity index (χ4v) is 2.75. The molecule has 1 aliphatic rings.